The van der Waals surface area contributed by atoms with Crippen molar-refractivity contribution in [2.75, 3.05) is 0 Å². The predicted octanol–water partition coefficient (Wildman–Crippen LogP) is -4.24. The van der Waals surface area contributed by atoms with Crippen LogP contribution in [0, 0.1) is 0 Å². The van der Waals surface area contributed by atoms with Crippen molar-refractivity contribution in [2.45, 2.75) is 0 Å². The van der Waals surface area contributed by atoms with Crippen molar-refractivity contribution in [1.82, 2.24) is 0 Å². The van der Waals surface area contributed by atoms with Crippen molar-refractivity contribution in [3.63, 3.8) is 0 Å². The van der Waals surface area contributed by atoms with Crippen molar-refractivity contribution in [2.24, 2.45) is 0 Å². The Morgan fingerprint density at radius 3 is 0.833 bits per heavy atom. The molecule has 0 fully saturated rings. The molecule has 0 atom stereocenters. The van der Waals surface area contributed by atoms with Crippen LogP contribution in [0.15, 0.2) is 0 Å². The zero-order valence-corrected chi connectivity index (χ0v) is 12.3. The van der Waals surface area contributed by atoms with Crippen LogP contribution in [0.25, 0.3) is 0 Å². The van der Waals surface area contributed by atoms with E-state index in [0.717, 1.165) is 0 Å². The van der Waals surface area contributed by atoms with E-state index in [1.807, 2.05) is 0 Å². The minimum atomic E-state index is -3.72. The van der Waals surface area contributed by atoms with Crippen LogP contribution in [-0.2, 0) is 74.7 Å². The summed E-state index contributed by atoms with van der Waals surface area (Å²) in [6, 6.07) is 0. The first-order valence-electron chi connectivity index (χ1n) is 1.46. The average Bonchev–Trinajstić information content (AvgIpc) is 1.12. The summed E-state index contributed by atoms with van der Waals surface area (Å²) in [5.74, 6) is 0. The Hall–Kier alpha value is 2.49. The van der Waals surface area contributed by atoms with Crippen LogP contribution in [0.5, 0.6) is 0 Å². The number of hydrogen-bond acceptors (Lipinski definition) is 8. The van der Waals surface area contributed by atoms with E-state index in [9.17, 15) is 19.6 Å². The predicted molar refractivity (Wildman–Crippen MR) is 49.6 cm³/mol. The largest absolute Gasteiger partial charge is 4.00 e. The number of rotatable bonds is 0. The Balaban J connectivity index is -0.0000000457. The van der Waals surface area contributed by atoms with E-state index in [1.54, 1.807) is 0 Å². The molecule has 12 heteroatoms. The third kappa shape index (κ3) is 266. The van der Waals surface area contributed by atoms with E-state index in [4.69, 9.17) is 0 Å². The van der Waals surface area contributed by atoms with E-state index >= 15 is 0 Å². The summed E-state index contributed by atoms with van der Waals surface area (Å²) in [7, 11) is 0. The molecule has 0 amide bonds. The van der Waals surface area contributed by atoms with E-state index in [2.05, 4.69) is 48.1 Å². The fraction of sp³-hybridized carbons (Fsp3) is 0. The summed E-state index contributed by atoms with van der Waals surface area (Å²) in [5, 5.41) is 0. The van der Waals surface area contributed by atoms with Gasteiger partial charge in [0.05, 0.1) is 0 Å². The fourth-order valence-electron chi connectivity index (χ4n) is 0. The maximum Gasteiger partial charge on any atom is 4.00 e. The molecule has 0 aliphatic carbocycles. The molecule has 0 heterocycles. The molecular formula is H4MoO5P2S4. The molecule has 0 saturated heterocycles. The van der Waals surface area contributed by atoms with Crippen molar-refractivity contribution in [3.05, 3.63) is 0 Å². The first-order valence-corrected chi connectivity index (χ1v) is 8.76. The van der Waals surface area contributed by atoms with Gasteiger partial charge in [-0.3, -0.25) is 0 Å². The summed E-state index contributed by atoms with van der Waals surface area (Å²) in [4.78, 5) is 37.2. The van der Waals surface area contributed by atoms with Crippen LogP contribution in [0.1, 0.15) is 0 Å². The molecule has 5 nitrogen and oxygen atoms in total. The zero-order valence-electron chi connectivity index (χ0n) is 5.28. The van der Waals surface area contributed by atoms with Gasteiger partial charge in [0.2, 0.25) is 0 Å². The second kappa shape index (κ2) is 10.0. The summed E-state index contributed by atoms with van der Waals surface area (Å²) < 4.78 is 0. The molecule has 0 aliphatic heterocycles. The van der Waals surface area contributed by atoms with Crippen molar-refractivity contribution in [3.8, 4) is 0 Å². The molecule has 12 heavy (non-hydrogen) atoms. The second-order valence-corrected chi connectivity index (χ2v) is 9.84. The SMILES string of the molecule is [Mo+4].[O-]P([O-])(=S)[S-].[O-]P([O-])(=S)[S-].[OH4+2]. The number of hydrogen-bond donors (Lipinski definition) is 0. The first-order chi connectivity index (χ1) is 4.00. The van der Waals surface area contributed by atoms with Crippen LogP contribution >= 0.6 is 11.4 Å². The van der Waals surface area contributed by atoms with Gasteiger partial charge in [-0.05, 0) is 0 Å². The van der Waals surface area contributed by atoms with Gasteiger partial charge in [-0.25, -0.2) is 0 Å². The quantitative estimate of drug-likeness (QED) is 0.238. The Morgan fingerprint density at radius 1 is 0.833 bits per heavy atom. The molecule has 0 bridgehead atoms. The van der Waals surface area contributed by atoms with Crippen LogP contribution in [-0.4, -0.2) is 0 Å². The molecular weight excluding hydrogens is 366 g/mol. The Bertz CT molecular complexity index is 134. The Kier molecular flexibility index (Phi) is 20.0. The van der Waals surface area contributed by atoms with Crippen molar-refractivity contribution >= 4 is 59.5 Å². The topological polar surface area (TPSA) is 127 Å². The van der Waals surface area contributed by atoms with E-state index in [1.165, 1.54) is 0 Å². The van der Waals surface area contributed by atoms with Crippen LogP contribution < -0.4 is 19.6 Å². The molecule has 0 rings (SSSR count). The first kappa shape index (κ1) is 24.0. The van der Waals surface area contributed by atoms with Gasteiger partial charge < -0.3 is 60.9 Å². The van der Waals surface area contributed by atoms with Crippen LogP contribution in [0.4, 0.5) is 0 Å². The van der Waals surface area contributed by atoms with Crippen LogP contribution in [0.3, 0.4) is 0 Å². The minimum Gasteiger partial charge on any atom is -0.873 e. The van der Waals surface area contributed by atoms with E-state index in [-0.39, 0.29) is 26.5 Å². The summed E-state index contributed by atoms with van der Waals surface area (Å²) >= 11 is 14.6. The molecule has 0 unspecified atom stereocenters. The van der Waals surface area contributed by atoms with E-state index in [0.29, 0.717) is 0 Å². The Labute approximate surface area is 105 Å². The molecule has 74 valence electrons. The van der Waals surface area contributed by atoms with Gasteiger partial charge in [-0.1, -0.05) is 0 Å². The van der Waals surface area contributed by atoms with Gasteiger partial charge in [-0.2, -0.15) is 23.6 Å². The standard InChI is InChI=1S/Mo.2H3O2PS2.H4O/c;2*1-3(2,4)5;/h;2*(H3,1,2,4,5);1H4/q+4;;;+2/p-6. The normalized spacial score (nSPS) is 9.83. The van der Waals surface area contributed by atoms with Crippen LogP contribution in [0.2, 0.25) is 0 Å². The van der Waals surface area contributed by atoms with Crippen molar-refractivity contribution in [1.29, 1.82) is 0 Å². The average molecular weight is 370 g/mol. The van der Waals surface area contributed by atoms with Gasteiger partial charge in [0.15, 0.2) is 0 Å². The molecule has 0 aromatic rings. The van der Waals surface area contributed by atoms with E-state index < -0.39 is 11.4 Å². The smallest absolute Gasteiger partial charge is 0.873 e. The summed E-state index contributed by atoms with van der Waals surface area (Å²) in [6.07, 6.45) is 0. The van der Waals surface area contributed by atoms with Gasteiger partial charge >= 0.3 is 21.1 Å². The van der Waals surface area contributed by atoms with Crippen molar-refractivity contribution < 1.29 is 46.1 Å². The molecule has 0 radical (unpaired) electrons. The van der Waals surface area contributed by atoms with Gasteiger partial charge in [0.25, 0.3) is 0 Å². The van der Waals surface area contributed by atoms with Gasteiger partial charge in [0, 0.05) is 0 Å². The summed E-state index contributed by atoms with van der Waals surface area (Å²) in [6.45, 7) is 0. The third-order valence-corrected chi connectivity index (χ3v) is 0. The maximum atomic E-state index is 9.29. The second-order valence-electron chi connectivity index (χ2n) is 0.894. The summed E-state index contributed by atoms with van der Waals surface area (Å²) in [5.41, 5.74) is -7.44. The monoisotopic (exact) mass is 372 g/mol. The molecule has 0 aliphatic rings. The third-order valence-electron chi connectivity index (χ3n) is 0. The van der Waals surface area contributed by atoms with Gasteiger partial charge in [-0.15, -0.1) is 0 Å². The molecule has 0 spiro atoms. The Morgan fingerprint density at radius 2 is 0.833 bits per heavy atom. The zero-order chi connectivity index (χ0) is 9.00. The minimum absolute atomic E-state index is 0. The molecule has 0 saturated carbocycles. The maximum absolute atomic E-state index is 9.29. The van der Waals surface area contributed by atoms with Gasteiger partial charge in [0.1, 0.15) is 0 Å². The molecule has 4 N–H and O–H groups in total. The fourth-order valence-corrected chi connectivity index (χ4v) is 0. The molecule has 0 aromatic heterocycles. The molecule has 0 aromatic carbocycles.